The highest BCUT2D eigenvalue weighted by Gasteiger charge is 2.24. The van der Waals surface area contributed by atoms with Crippen LogP contribution >= 0.6 is 0 Å². The van der Waals surface area contributed by atoms with E-state index >= 15 is 0 Å². The van der Waals surface area contributed by atoms with Crippen LogP contribution in [0.2, 0.25) is 0 Å². The first-order valence-electron chi connectivity index (χ1n) is 9.30. The maximum atomic E-state index is 12.3. The zero-order valence-corrected chi connectivity index (χ0v) is 17.5. The third kappa shape index (κ3) is 6.82. The molecule has 0 aliphatic rings. The average Bonchev–Trinajstić information content (AvgIpc) is 2.72. The number of hydrogen-bond acceptors (Lipinski definition) is 8. The molecule has 0 fully saturated rings. The number of amides is 1. The molecule has 1 amide bonds. The molecule has 2 N–H and O–H groups in total. The highest BCUT2D eigenvalue weighted by atomic mass is 32.2. The molecule has 30 heavy (non-hydrogen) atoms. The van der Waals surface area contributed by atoms with Crippen LogP contribution in [0.1, 0.15) is 48.0 Å². The van der Waals surface area contributed by atoms with Crippen LogP contribution < -0.4 is 9.46 Å². The molecule has 1 aromatic carbocycles. The summed E-state index contributed by atoms with van der Waals surface area (Å²) in [6.45, 7) is 3.75. The van der Waals surface area contributed by atoms with Gasteiger partial charge in [-0.25, -0.2) is 13.1 Å². The number of nitrogens with zero attached hydrogens (tertiary/aromatic N) is 1. The Bertz CT molecular complexity index is 975. The van der Waals surface area contributed by atoms with Crippen molar-refractivity contribution in [1.82, 2.24) is 9.71 Å². The lowest BCUT2D eigenvalue weighted by molar-refractivity contribution is -0.144. The van der Waals surface area contributed by atoms with Crippen LogP contribution in [0.5, 0.6) is 5.75 Å². The van der Waals surface area contributed by atoms with Crippen LogP contribution in [0.25, 0.3) is 0 Å². The van der Waals surface area contributed by atoms with Gasteiger partial charge in [0.05, 0.1) is 29.7 Å². The summed E-state index contributed by atoms with van der Waals surface area (Å²) in [6.07, 6.45) is 0.0341. The van der Waals surface area contributed by atoms with E-state index in [2.05, 4.69) is 4.98 Å². The molecular formula is C20H24N2O7S. The Balaban J connectivity index is 2.01. The number of nitrogens with one attached hydrogen (secondary N) is 1. The van der Waals surface area contributed by atoms with Gasteiger partial charge in [0.25, 0.3) is 5.91 Å². The summed E-state index contributed by atoms with van der Waals surface area (Å²) >= 11 is 0. The lowest BCUT2D eigenvalue weighted by Gasteiger charge is -2.16. The molecule has 10 heteroatoms. The number of pyridine rings is 1. The summed E-state index contributed by atoms with van der Waals surface area (Å²) < 4.78 is 36.9. The van der Waals surface area contributed by atoms with Gasteiger partial charge in [-0.1, -0.05) is 25.1 Å². The number of aromatic nitrogens is 1. The molecule has 162 valence electrons. The Labute approximate surface area is 175 Å². The van der Waals surface area contributed by atoms with Gasteiger partial charge in [-0.2, -0.15) is 0 Å². The second kappa shape index (κ2) is 10.7. The van der Waals surface area contributed by atoms with Crippen LogP contribution in [0.3, 0.4) is 0 Å². The number of carbonyl (C=O) groups is 2. The van der Waals surface area contributed by atoms with Gasteiger partial charge in [-0.15, -0.1) is 0 Å². The summed E-state index contributed by atoms with van der Waals surface area (Å²) in [6, 6.07) is 9.36. The molecule has 0 aliphatic heterocycles. The number of carbonyl (C=O) groups excluding carboxylic acids is 2. The number of ether oxygens (including phenoxy) is 2. The van der Waals surface area contributed by atoms with Crippen LogP contribution in [0.4, 0.5) is 0 Å². The van der Waals surface area contributed by atoms with E-state index in [1.54, 1.807) is 38.1 Å². The van der Waals surface area contributed by atoms with E-state index in [0.29, 0.717) is 23.6 Å². The Morgan fingerprint density at radius 1 is 1.17 bits per heavy atom. The zero-order chi connectivity index (χ0) is 22.1. The van der Waals surface area contributed by atoms with Gasteiger partial charge in [0, 0.05) is 18.2 Å². The fourth-order valence-corrected chi connectivity index (χ4v) is 3.56. The van der Waals surface area contributed by atoms with Crippen molar-refractivity contribution < 1.29 is 32.6 Å². The Kier molecular flexibility index (Phi) is 8.31. The van der Waals surface area contributed by atoms with Crippen molar-refractivity contribution in [2.75, 3.05) is 12.4 Å². The molecule has 0 saturated heterocycles. The second-order valence-corrected chi connectivity index (χ2v) is 8.02. The van der Waals surface area contributed by atoms with Crippen LogP contribution in [0, 0.1) is 0 Å². The van der Waals surface area contributed by atoms with Crippen molar-refractivity contribution in [1.29, 1.82) is 0 Å². The van der Waals surface area contributed by atoms with E-state index in [0.717, 1.165) is 0 Å². The summed E-state index contributed by atoms with van der Waals surface area (Å²) in [4.78, 5) is 27.4. The predicted molar refractivity (Wildman–Crippen MR) is 108 cm³/mol. The van der Waals surface area contributed by atoms with Gasteiger partial charge in [0.15, 0.2) is 0 Å². The molecule has 0 radical (unpaired) electrons. The lowest BCUT2D eigenvalue weighted by atomic mass is 10.1. The van der Waals surface area contributed by atoms with Gasteiger partial charge in [-0.05, 0) is 25.1 Å². The minimum atomic E-state index is -4.15. The second-order valence-electron chi connectivity index (χ2n) is 6.25. The number of rotatable bonds is 10. The topological polar surface area (TPSA) is 132 Å². The van der Waals surface area contributed by atoms with E-state index < -0.39 is 27.8 Å². The van der Waals surface area contributed by atoms with E-state index in [9.17, 15) is 23.1 Å². The molecule has 0 bridgehead atoms. The summed E-state index contributed by atoms with van der Waals surface area (Å²) in [5.41, 5.74) is 0.734. The lowest BCUT2D eigenvalue weighted by Crippen LogP contribution is -2.34. The highest BCUT2D eigenvalue weighted by molar-refractivity contribution is 7.90. The number of aliphatic hydroxyl groups excluding tert-OH is 1. The summed E-state index contributed by atoms with van der Waals surface area (Å²) in [5, 5.41) is 10.3. The van der Waals surface area contributed by atoms with Crippen molar-refractivity contribution in [3.05, 3.63) is 59.4 Å². The Morgan fingerprint density at radius 3 is 2.53 bits per heavy atom. The summed E-state index contributed by atoms with van der Waals surface area (Å²) in [7, 11) is -4.15. The largest absolute Gasteiger partial charge is 0.493 e. The van der Waals surface area contributed by atoms with Gasteiger partial charge in [0.2, 0.25) is 10.0 Å². The zero-order valence-electron chi connectivity index (χ0n) is 16.7. The third-order valence-electron chi connectivity index (χ3n) is 3.96. The molecule has 2 rings (SSSR count). The van der Waals surface area contributed by atoms with E-state index in [1.807, 2.05) is 4.72 Å². The van der Waals surface area contributed by atoms with Crippen molar-refractivity contribution in [2.45, 2.75) is 33.0 Å². The molecule has 2 aromatic rings. The number of esters is 1. The number of hydrogen-bond donors (Lipinski definition) is 2. The number of sulfonamides is 1. The van der Waals surface area contributed by atoms with Crippen molar-refractivity contribution in [3.63, 3.8) is 0 Å². The predicted octanol–water partition coefficient (Wildman–Crippen LogP) is 1.73. The van der Waals surface area contributed by atoms with Gasteiger partial charge >= 0.3 is 5.97 Å². The smallest absolute Gasteiger partial charge is 0.305 e. The molecule has 0 aliphatic carbocycles. The first-order valence-corrected chi connectivity index (χ1v) is 11.0. The Morgan fingerprint density at radius 2 is 1.90 bits per heavy atom. The van der Waals surface area contributed by atoms with Crippen LogP contribution in [0.15, 0.2) is 42.6 Å². The van der Waals surface area contributed by atoms with E-state index in [4.69, 9.17) is 9.47 Å². The van der Waals surface area contributed by atoms with E-state index in [1.165, 1.54) is 18.3 Å². The average molecular weight is 436 g/mol. The third-order valence-corrected chi connectivity index (χ3v) is 5.21. The van der Waals surface area contributed by atoms with Gasteiger partial charge < -0.3 is 14.6 Å². The first-order chi connectivity index (χ1) is 14.3. The fraction of sp³-hybridized carbons (Fsp3) is 0.350. The SMILES string of the molecule is CCOc1ccccc1C(O)CS(=O)(=O)NC(=O)c1ccc(COC(=O)CC)nc1. The van der Waals surface area contributed by atoms with Crippen molar-refractivity contribution in [2.24, 2.45) is 0 Å². The molecule has 1 heterocycles. The molecule has 0 saturated carbocycles. The van der Waals surface area contributed by atoms with Crippen molar-refractivity contribution >= 4 is 21.9 Å². The minimum absolute atomic E-state index is 0.00773. The van der Waals surface area contributed by atoms with Crippen LogP contribution in [-0.4, -0.2) is 42.7 Å². The molecule has 9 nitrogen and oxygen atoms in total. The molecule has 1 unspecified atom stereocenters. The maximum absolute atomic E-state index is 12.3. The standard InChI is InChI=1S/C20H24N2O7S/c1-3-19(24)29-12-15-10-9-14(11-21-15)20(25)22-30(26,27)13-17(23)16-7-5-6-8-18(16)28-4-2/h5-11,17,23H,3-4,12-13H2,1-2H3,(H,22,25). The number of para-hydroxylation sites is 1. The molecule has 1 aromatic heterocycles. The highest BCUT2D eigenvalue weighted by Crippen LogP contribution is 2.26. The number of benzene rings is 1. The maximum Gasteiger partial charge on any atom is 0.305 e. The number of aliphatic hydroxyl groups is 1. The van der Waals surface area contributed by atoms with Crippen LogP contribution in [-0.2, 0) is 26.2 Å². The summed E-state index contributed by atoms with van der Waals surface area (Å²) in [5.74, 6) is -1.61. The van der Waals surface area contributed by atoms with Gasteiger partial charge in [0.1, 0.15) is 12.4 Å². The Hall–Kier alpha value is -2.98. The molecule has 1 atom stereocenters. The first kappa shape index (κ1) is 23.3. The van der Waals surface area contributed by atoms with E-state index in [-0.39, 0.29) is 24.6 Å². The van der Waals surface area contributed by atoms with Crippen molar-refractivity contribution in [3.8, 4) is 5.75 Å². The monoisotopic (exact) mass is 436 g/mol. The van der Waals surface area contributed by atoms with Gasteiger partial charge in [-0.3, -0.25) is 14.6 Å². The minimum Gasteiger partial charge on any atom is -0.493 e. The fourth-order valence-electron chi connectivity index (χ4n) is 2.48. The normalized spacial score (nSPS) is 12.1. The quantitative estimate of drug-likeness (QED) is 0.538. The molecule has 0 spiro atoms. The molecular weight excluding hydrogens is 412 g/mol.